The van der Waals surface area contributed by atoms with Crippen molar-refractivity contribution in [2.45, 2.75) is 20.3 Å². The minimum Gasteiger partial charge on any atom is -0.389 e. The van der Waals surface area contributed by atoms with E-state index in [1.165, 1.54) is 0 Å². The van der Waals surface area contributed by atoms with Gasteiger partial charge in [-0.25, -0.2) is 0 Å². The van der Waals surface area contributed by atoms with Crippen molar-refractivity contribution in [2.75, 3.05) is 18.4 Å². The molecule has 0 saturated heterocycles. The average Bonchev–Trinajstić information content (AvgIpc) is 2.34. The number of aryl methyl sites for hydroxylation is 1. The van der Waals surface area contributed by atoms with Gasteiger partial charge in [-0.2, -0.15) is 0 Å². The number of hydrogen-bond donors (Lipinski definition) is 3. The summed E-state index contributed by atoms with van der Waals surface area (Å²) in [7, 11) is 0. The molecule has 1 rings (SSSR count). The molecule has 18 heavy (non-hydrogen) atoms. The van der Waals surface area contributed by atoms with E-state index in [2.05, 4.69) is 10.6 Å². The van der Waals surface area contributed by atoms with Crippen LogP contribution in [-0.4, -0.2) is 24.0 Å². The maximum Gasteiger partial charge on any atom is 0.239 e. The third kappa shape index (κ3) is 4.33. The molecule has 0 saturated carbocycles. The Kier molecular flexibility index (Phi) is 5.58. The van der Waals surface area contributed by atoms with Crippen molar-refractivity contribution in [2.24, 2.45) is 5.73 Å². The average molecular weight is 265 g/mol. The number of carbonyl (C=O) groups excluding carboxylic acids is 1. The molecule has 0 aliphatic carbocycles. The summed E-state index contributed by atoms with van der Waals surface area (Å²) in [5.74, 6) is -0.00493. The van der Waals surface area contributed by atoms with Gasteiger partial charge in [0.25, 0.3) is 0 Å². The van der Waals surface area contributed by atoms with Gasteiger partial charge in [0.2, 0.25) is 5.91 Å². The molecule has 4 N–H and O–H groups in total. The fourth-order valence-electron chi connectivity index (χ4n) is 1.52. The smallest absolute Gasteiger partial charge is 0.239 e. The van der Waals surface area contributed by atoms with Gasteiger partial charge in [0, 0.05) is 17.8 Å². The van der Waals surface area contributed by atoms with Crippen molar-refractivity contribution in [3.63, 3.8) is 0 Å². The van der Waals surface area contributed by atoms with Crippen LogP contribution >= 0.6 is 12.2 Å². The molecule has 0 spiro atoms. The van der Waals surface area contributed by atoms with Gasteiger partial charge in [0.05, 0.1) is 6.54 Å². The van der Waals surface area contributed by atoms with E-state index in [4.69, 9.17) is 18.0 Å². The topological polar surface area (TPSA) is 67.2 Å². The van der Waals surface area contributed by atoms with Crippen LogP contribution in [-0.2, 0) is 4.79 Å². The molecular weight excluding hydrogens is 246 g/mol. The molecule has 1 amide bonds. The number of benzene rings is 1. The summed E-state index contributed by atoms with van der Waals surface area (Å²) in [6.07, 6.45) is 0.938. The third-order valence-corrected chi connectivity index (χ3v) is 2.76. The molecule has 0 atom stereocenters. The fourth-order valence-corrected chi connectivity index (χ4v) is 1.64. The van der Waals surface area contributed by atoms with Crippen LogP contribution in [0.15, 0.2) is 18.2 Å². The largest absolute Gasteiger partial charge is 0.389 e. The zero-order chi connectivity index (χ0) is 13.5. The lowest BCUT2D eigenvalue weighted by Crippen LogP contribution is -2.30. The number of hydrogen-bond acceptors (Lipinski definition) is 3. The van der Waals surface area contributed by atoms with Crippen molar-refractivity contribution in [1.29, 1.82) is 0 Å². The Balaban J connectivity index is 2.58. The van der Waals surface area contributed by atoms with Gasteiger partial charge in [-0.1, -0.05) is 19.1 Å². The van der Waals surface area contributed by atoms with Gasteiger partial charge in [-0.05, 0) is 37.1 Å². The number of amides is 1. The maximum atomic E-state index is 11.4. The second kappa shape index (κ2) is 6.96. The summed E-state index contributed by atoms with van der Waals surface area (Å²) in [5.41, 5.74) is 8.33. The Morgan fingerprint density at radius 3 is 2.72 bits per heavy atom. The first kappa shape index (κ1) is 14.4. The standard InChI is InChI=1S/C13H19N3OS/c1-3-6-15-12(17)8-16-11-5-4-10(13(14)18)7-9(11)2/h4-5,7,16H,3,6,8H2,1-2H3,(H2,14,18)(H,15,17). The van der Waals surface area contributed by atoms with E-state index >= 15 is 0 Å². The summed E-state index contributed by atoms with van der Waals surface area (Å²) >= 11 is 4.91. The number of carbonyl (C=O) groups is 1. The van der Waals surface area contributed by atoms with Gasteiger partial charge in [-0.15, -0.1) is 0 Å². The molecule has 0 radical (unpaired) electrons. The number of nitrogens with one attached hydrogen (secondary N) is 2. The molecule has 1 aromatic rings. The predicted octanol–water partition coefficient (Wildman–Crippen LogP) is 1.57. The first-order valence-electron chi connectivity index (χ1n) is 5.95. The van der Waals surface area contributed by atoms with Crippen LogP contribution in [0.25, 0.3) is 0 Å². The zero-order valence-corrected chi connectivity index (χ0v) is 11.6. The van der Waals surface area contributed by atoms with Crippen molar-refractivity contribution < 1.29 is 4.79 Å². The van der Waals surface area contributed by atoms with Crippen LogP contribution in [0.2, 0.25) is 0 Å². The molecular formula is C13H19N3OS. The summed E-state index contributed by atoms with van der Waals surface area (Å²) in [5, 5.41) is 5.90. The van der Waals surface area contributed by atoms with Gasteiger partial charge in [-0.3, -0.25) is 4.79 Å². The van der Waals surface area contributed by atoms with Crippen molar-refractivity contribution in [3.05, 3.63) is 29.3 Å². The van der Waals surface area contributed by atoms with Gasteiger partial charge in [0.15, 0.2) is 0 Å². The maximum absolute atomic E-state index is 11.4. The first-order chi connectivity index (χ1) is 8.54. The van der Waals surface area contributed by atoms with E-state index < -0.39 is 0 Å². The van der Waals surface area contributed by atoms with E-state index in [9.17, 15) is 4.79 Å². The predicted molar refractivity (Wildman–Crippen MR) is 78.9 cm³/mol. The van der Waals surface area contributed by atoms with Crippen LogP contribution in [0.5, 0.6) is 0 Å². The van der Waals surface area contributed by atoms with E-state index in [1.54, 1.807) is 0 Å². The highest BCUT2D eigenvalue weighted by atomic mass is 32.1. The Labute approximate surface area is 113 Å². The molecule has 0 heterocycles. The first-order valence-corrected chi connectivity index (χ1v) is 6.36. The van der Waals surface area contributed by atoms with Crippen LogP contribution in [0.4, 0.5) is 5.69 Å². The van der Waals surface area contributed by atoms with Gasteiger partial charge in [0.1, 0.15) is 4.99 Å². The van der Waals surface area contributed by atoms with Crippen LogP contribution in [0.1, 0.15) is 24.5 Å². The van der Waals surface area contributed by atoms with Crippen molar-refractivity contribution >= 4 is 28.8 Å². The quantitative estimate of drug-likeness (QED) is 0.683. The number of thiocarbonyl (C=S) groups is 1. The van der Waals surface area contributed by atoms with Crippen molar-refractivity contribution in [3.8, 4) is 0 Å². The number of nitrogens with two attached hydrogens (primary N) is 1. The normalized spacial score (nSPS) is 9.89. The van der Waals surface area contributed by atoms with E-state index in [0.29, 0.717) is 11.5 Å². The van der Waals surface area contributed by atoms with E-state index in [-0.39, 0.29) is 12.5 Å². The van der Waals surface area contributed by atoms with E-state index in [1.807, 2.05) is 32.0 Å². The highest BCUT2D eigenvalue weighted by molar-refractivity contribution is 7.80. The molecule has 0 unspecified atom stereocenters. The summed E-state index contributed by atoms with van der Waals surface area (Å²) in [4.78, 5) is 11.8. The number of anilines is 1. The lowest BCUT2D eigenvalue weighted by Gasteiger charge is -2.11. The monoisotopic (exact) mass is 265 g/mol. The molecule has 4 nitrogen and oxygen atoms in total. The molecule has 0 fully saturated rings. The molecule has 98 valence electrons. The van der Waals surface area contributed by atoms with Crippen molar-refractivity contribution in [1.82, 2.24) is 5.32 Å². The van der Waals surface area contributed by atoms with E-state index in [0.717, 1.165) is 23.2 Å². The molecule has 5 heteroatoms. The van der Waals surface area contributed by atoms with Gasteiger partial charge >= 0.3 is 0 Å². The Hall–Kier alpha value is -1.62. The molecule has 0 bridgehead atoms. The second-order valence-electron chi connectivity index (χ2n) is 4.10. The third-order valence-electron chi connectivity index (χ3n) is 2.52. The summed E-state index contributed by atoms with van der Waals surface area (Å²) in [6.45, 7) is 4.95. The highest BCUT2D eigenvalue weighted by Crippen LogP contribution is 2.16. The Bertz CT molecular complexity index is 446. The molecule has 1 aromatic carbocycles. The number of rotatable bonds is 6. The lowest BCUT2D eigenvalue weighted by atomic mass is 10.1. The highest BCUT2D eigenvalue weighted by Gasteiger charge is 2.04. The Morgan fingerprint density at radius 2 is 2.17 bits per heavy atom. The summed E-state index contributed by atoms with van der Waals surface area (Å²) < 4.78 is 0. The zero-order valence-electron chi connectivity index (χ0n) is 10.7. The molecule has 0 aromatic heterocycles. The fraction of sp³-hybridized carbons (Fsp3) is 0.385. The minimum atomic E-state index is -0.00493. The lowest BCUT2D eigenvalue weighted by molar-refractivity contribution is -0.119. The molecule has 0 aliphatic rings. The SMILES string of the molecule is CCCNC(=O)CNc1ccc(C(N)=S)cc1C. The van der Waals surface area contributed by atoms with Gasteiger partial charge < -0.3 is 16.4 Å². The minimum absolute atomic E-state index is 0.00493. The van der Waals surface area contributed by atoms with Crippen LogP contribution in [0, 0.1) is 6.92 Å². The Morgan fingerprint density at radius 1 is 1.44 bits per heavy atom. The van der Waals surface area contributed by atoms with Crippen LogP contribution < -0.4 is 16.4 Å². The molecule has 0 aliphatic heterocycles. The second-order valence-corrected chi connectivity index (χ2v) is 4.54. The van der Waals surface area contributed by atoms with Crippen LogP contribution in [0.3, 0.4) is 0 Å². The summed E-state index contributed by atoms with van der Waals surface area (Å²) in [6, 6.07) is 5.65.